The molecule has 178 valence electrons. The van der Waals surface area contributed by atoms with Gasteiger partial charge in [0.15, 0.2) is 0 Å². The first-order valence-electron chi connectivity index (χ1n) is 12.1. The second-order valence-electron chi connectivity index (χ2n) is 9.51. The van der Waals surface area contributed by atoms with E-state index in [9.17, 15) is 4.79 Å². The predicted octanol–water partition coefficient (Wildman–Crippen LogP) is 4.19. The van der Waals surface area contributed by atoms with Gasteiger partial charge in [0.1, 0.15) is 17.2 Å². The quantitative estimate of drug-likeness (QED) is 0.469. The van der Waals surface area contributed by atoms with E-state index in [0.717, 1.165) is 77.3 Å². The third-order valence-corrected chi connectivity index (χ3v) is 8.00. The number of thiazole rings is 1. The van der Waals surface area contributed by atoms with Crippen molar-refractivity contribution in [1.29, 1.82) is 0 Å². The molecule has 0 saturated carbocycles. The van der Waals surface area contributed by atoms with Crippen molar-refractivity contribution in [2.75, 3.05) is 24.5 Å². The molecule has 6 rings (SSSR count). The van der Waals surface area contributed by atoms with Crippen LogP contribution in [0.25, 0.3) is 21.5 Å². The number of aromatic nitrogens is 3. The molecule has 2 aliphatic heterocycles. The lowest BCUT2D eigenvalue weighted by molar-refractivity contribution is 0.0714. The summed E-state index contributed by atoms with van der Waals surface area (Å²) < 4.78 is 0. The minimum absolute atomic E-state index is 0.105. The molecule has 2 aromatic carbocycles. The van der Waals surface area contributed by atoms with E-state index in [-0.39, 0.29) is 11.9 Å². The molecular formula is C27H28N6OS. The summed E-state index contributed by atoms with van der Waals surface area (Å²) in [5.41, 5.74) is 12.4. The minimum atomic E-state index is 0.105. The fraction of sp³-hybridized carbons (Fsp3) is 0.333. The first-order chi connectivity index (χ1) is 17.1. The molecule has 0 aliphatic carbocycles. The van der Waals surface area contributed by atoms with Gasteiger partial charge in [-0.15, -0.1) is 11.3 Å². The lowest BCUT2D eigenvalue weighted by Gasteiger charge is -2.32. The molecule has 4 aromatic rings. The first kappa shape index (κ1) is 22.1. The molecule has 7 nitrogen and oxygen atoms in total. The Bertz CT molecular complexity index is 1390. The number of likely N-dealkylation sites (tertiary alicyclic amines) is 1. The average molecular weight is 485 g/mol. The number of fused-ring (bicyclic) bond motifs is 2. The van der Waals surface area contributed by atoms with E-state index in [1.165, 1.54) is 11.1 Å². The van der Waals surface area contributed by atoms with Gasteiger partial charge in [0.2, 0.25) is 0 Å². The lowest BCUT2D eigenvalue weighted by Crippen LogP contribution is -2.43. The number of hydrogen-bond acceptors (Lipinski definition) is 7. The Morgan fingerprint density at radius 1 is 1.06 bits per heavy atom. The smallest absolute Gasteiger partial charge is 0.253 e. The highest BCUT2D eigenvalue weighted by atomic mass is 32.1. The second kappa shape index (κ2) is 9.02. The number of carbonyl (C=O) groups excluding carboxylic acids is 1. The number of amides is 1. The van der Waals surface area contributed by atoms with Crippen LogP contribution in [0.1, 0.15) is 39.9 Å². The molecule has 0 atom stereocenters. The molecule has 2 aromatic heterocycles. The van der Waals surface area contributed by atoms with Gasteiger partial charge < -0.3 is 15.5 Å². The maximum atomic E-state index is 13.2. The summed E-state index contributed by atoms with van der Waals surface area (Å²) in [6.45, 7) is 5.14. The van der Waals surface area contributed by atoms with Crippen molar-refractivity contribution in [1.82, 2.24) is 19.9 Å². The van der Waals surface area contributed by atoms with Crippen LogP contribution in [0.4, 0.5) is 5.82 Å². The summed E-state index contributed by atoms with van der Waals surface area (Å²) in [5, 5.41) is 4.03. The Kier molecular flexibility index (Phi) is 5.70. The van der Waals surface area contributed by atoms with Crippen LogP contribution in [0.5, 0.6) is 0 Å². The van der Waals surface area contributed by atoms with Crippen molar-refractivity contribution in [3.8, 4) is 10.6 Å². The van der Waals surface area contributed by atoms with Crippen molar-refractivity contribution in [2.24, 2.45) is 5.73 Å². The highest BCUT2D eigenvalue weighted by molar-refractivity contribution is 7.13. The maximum Gasteiger partial charge on any atom is 0.253 e. The van der Waals surface area contributed by atoms with Crippen molar-refractivity contribution in [3.63, 3.8) is 0 Å². The van der Waals surface area contributed by atoms with Gasteiger partial charge in [-0.1, -0.05) is 6.07 Å². The maximum absolute atomic E-state index is 13.2. The summed E-state index contributed by atoms with van der Waals surface area (Å²) in [6, 6.07) is 10.7. The molecule has 0 unspecified atom stereocenters. The van der Waals surface area contributed by atoms with Gasteiger partial charge in [-0.3, -0.25) is 4.79 Å². The SMILES string of the molecule is Cc1cc(-c2nccs2)cc2c(N3CCc4ccc(C(=O)N5CCC(N)CC5)cc4C3)ncnc12. The molecule has 2 N–H and O–H groups in total. The molecule has 35 heavy (non-hydrogen) atoms. The number of benzene rings is 2. The van der Waals surface area contributed by atoms with Crippen LogP contribution in [0.3, 0.4) is 0 Å². The van der Waals surface area contributed by atoms with Crippen molar-refractivity contribution in [2.45, 2.75) is 38.8 Å². The van der Waals surface area contributed by atoms with Gasteiger partial charge in [0.05, 0.1) is 5.52 Å². The lowest BCUT2D eigenvalue weighted by atomic mass is 9.96. The Hall–Kier alpha value is -3.36. The van der Waals surface area contributed by atoms with Crippen LogP contribution in [-0.2, 0) is 13.0 Å². The monoisotopic (exact) mass is 484 g/mol. The van der Waals surface area contributed by atoms with Gasteiger partial charge in [0, 0.05) is 60.3 Å². The highest BCUT2D eigenvalue weighted by Gasteiger charge is 2.25. The third kappa shape index (κ3) is 4.17. The fourth-order valence-electron chi connectivity index (χ4n) is 5.23. The predicted molar refractivity (Wildman–Crippen MR) is 140 cm³/mol. The highest BCUT2D eigenvalue weighted by Crippen LogP contribution is 2.34. The number of nitrogens with two attached hydrogens (primary N) is 1. The van der Waals surface area contributed by atoms with Crippen LogP contribution in [-0.4, -0.2) is 51.4 Å². The van der Waals surface area contributed by atoms with Crippen LogP contribution in [0.15, 0.2) is 48.2 Å². The Balaban J connectivity index is 1.32. The standard InChI is InChI=1S/C27H28N6OS/c1-17-12-20(26-29-7-11-35-26)14-23-24(17)30-16-31-25(23)33-8-4-18-2-3-19(13-21(18)15-33)27(34)32-9-5-22(28)6-10-32/h2-3,7,11-14,16,22H,4-6,8-10,15,28H2,1H3. The number of carbonyl (C=O) groups is 1. The van der Waals surface area contributed by atoms with Gasteiger partial charge in [-0.2, -0.15) is 0 Å². The zero-order valence-electron chi connectivity index (χ0n) is 19.8. The minimum Gasteiger partial charge on any atom is -0.351 e. The largest absolute Gasteiger partial charge is 0.351 e. The van der Waals surface area contributed by atoms with E-state index in [1.54, 1.807) is 17.7 Å². The Labute approximate surface area is 208 Å². The summed E-state index contributed by atoms with van der Waals surface area (Å²) in [4.78, 5) is 31.2. The average Bonchev–Trinajstić information content (AvgIpc) is 3.43. The van der Waals surface area contributed by atoms with Gasteiger partial charge in [-0.05, 0) is 67.1 Å². The van der Waals surface area contributed by atoms with E-state index in [2.05, 4.69) is 46.1 Å². The summed E-state index contributed by atoms with van der Waals surface area (Å²) in [5.74, 6) is 1.04. The van der Waals surface area contributed by atoms with Crippen LogP contribution >= 0.6 is 11.3 Å². The molecule has 0 bridgehead atoms. The Morgan fingerprint density at radius 2 is 1.91 bits per heavy atom. The van der Waals surface area contributed by atoms with Crippen LogP contribution in [0, 0.1) is 6.92 Å². The fourth-order valence-corrected chi connectivity index (χ4v) is 5.86. The van der Waals surface area contributed by atoms with Gasteiger partial charge >= 0.3 is 0 Å². The molecule has 1 saturated heterocycles. The van der Waals surface area contributed by atoms with E-state index >= 15 is 0 Å². The molecule has 0 spiro atoms. The van der Waals surface area contributed by atoms with Gasteiger partial charge in [-0.25, -0.2) is 15.0 Å². The number of anilines is 1. The second-order valence-corrected chi connectivity index (χ2v) is 10.4. The molecule has 8 heteroatoms. The molecular weight excluding hydrogens is 456 g/mol. The zero-order chi connectivity index (χ0) is 23.9. The topological polar surface area (TPSA) is 88.2 Å². The zero-order valence-corrected chi connectivity index (χ0v) is 20.6. The first-order valence-corrected chi connectivity index (χ1v) is 13.0. The summed E-state index contributed by atoms with van der Waals surface area (Å²) in [7, 11) is 0. The molecule has 4 heterocycles. The van der Waals surface area contributed by atoms with Crippen LogP contribution < -0.4 is 10.6 Å². The van der Waals surface area contributed by atoms with Crippen molar-refractivity contribution in [3.05, 3.63) is 70.5 Å². The molecule has 0 radical (unpaired) electrons. The normalized spacial score (nSPS) is 16.5. The van der Waals surface area contributed by atoms with Crippen molar-refractivity contribution < 1.29 is 4.79 Å². The number of hydrogen-bond donors (Lipinski definition) is 1. The number of piperidine rings is 1. The molecule has 1 amide bonds. The molecule has 2 aliphatic rings. The van der Waals surface area contributed by atoms with Crippen molar-refractivity contribution >= 4 is 34.0 Å². The number of nitrogens with zero attached hydrogens (tertiary/aromatic N) is 5. The number of aryl methyl sites for hydroxylation is 1. The van der Waals surface area contributed by atoms with E-state index in [4.69, 9.17) is 10.7 Å². The number of rotatable bonds is 3. The van der Waals surface area contributed by atoms with E-state index in [0.29, 0.717) is 6.54 Å². The summed E-state index contributed by atoms with van der Waals surface area (Å²) in [6.07, 6.45) is 6.14. The van der Waals surface area contributed by atoms with E-state index in [1.807, 2.05) is 22.5 Å². The third-order valence-electron chi connectivity index (χ3n) is 7.18. The summed E-state index contributed by atoms with van der Waals surface area (Å²) >= 11 is 1.63. The Morgan fingerprint density at radius 3 is 2.71 bits per heavy atom. The van der Waals surface area contributed by atoms with Crippen LogP contribution in [0.2, 0.25) is 0 Å². The van der Waals surface area contributed by atoms with E-state index < -0.39 is 0 Å². The molecule has 1 fully saturated rings. The van der Waals surface area contributed by atoms with Gasteiger partial charge in [0.25, 0.3) is 5.91 Å².